The van der Waals surface area contributed by atoms with E-state index in [-0.39, 0.29) is 18.4 Å². The van der Waals surface area contributed by atoms with Gasteiger partial charge in [0.1, 0.15) is 16.8 Å². The maximum atomic E-state index is 14.0. The third-order valence-electron chi connectivity index (χ3n) is 4.97. The van der Waals surface area contributed by atoms with Crippen molar-refractivity contribution in [2.75, 3.05) is 0 Å². The number of amides is 1. The smallest absolute Gasteiger partial charge is 0.244 e. The summed E-state index contributed by atoms with van der Waals surface area (Å²) in [5.41, 5.74) is 0.822. The Morgan fingerprint density at radius 2 is 1.64 bits per heavy atom. The van der Waals surface area contributed by atoms with Gasteiger partial charge in [-0.05, 0) is 37.0 Å². The lowest BCUT2D eigenvalue weighted by Gasteiger charge is -2.26. The van der Waals surface area contributed by atoms with Crippen LogP contribution in [0.25, 0.3) is 0 Å². The first-order chi connectivity index (χ1) is 13.5. The molecule has 0 aromatic heterocycles. The van der Waals surface area contributed by atoms with Gasteiger partial charge in [0.15, 0.2) is 0 Å². The summed E-state index contributed by atoms with van der Waals surface area (Å²) >= 11 is 0. The average molecular weight is 405 g/mol. The van der Waals surface area contributed by atoms with Crippen LogP contribution in [-0.4, -0.2) is 26.4 Å². The molecule has 28 heavy (non-hydrogen) atoms. The van der Waals surface area contributed by atoms with Crippen LogP contribution in [0.2, 0.25) is 0 Å². The van der Waals surface area contributed by atoms with Gasteiger partial charge in [-0.3, -0.25) is 4.79 Å². The zero-order chi connectivity index (χ0) is 20.0. The first-order valence-electron chi connectivity index (χ1n) is 9.57. The summed E-state index contributed by atoms with van der Waals surface area (Å²) in [6, 6.07) is 13.4. The molecule has 0 spiro atoms. The van der Waals surface area contributed by atoms with Gasteiger partial charge in [-0.1, -0.05) is 61.7 Å². The number of halogens is 1. The highest BCUT2D eigenvalue weighted by molar-refractivity contribution is 7.89. The van der Waals surface area contributed by atoms with Crippen molar-refractivity contribution in [3.63, 3.8) is 0 Å². The summed E-state index contributed by atoms with van der Waals surface area (Å²) in [7, 11) is -4.18. The van der Waals surface area contributed by atoms with Crippen molar-refractivity contribution in [2.24, 2.45) is 0 Å². The Labute approximate surface area is 165 Å². The Balaban J connectivity index is 1.80. The first kappa shape index (κ1) is 20.5. The van der Waals surface area contributed by atoms with Crippen molar-refractivity contribution in [2.45, 2.75) is 55.5 Å². The van der Waals surface area contributed by atoms with E-state index in [9.17, 15) is 17.6 Å². The van der Waals surface area contributed by atoms with Crippen LogP contribution in [0.3, 0.4) is 0 Å². The highest BCUT2D eigenvalue weighted by atomic mass is 32.2. The molecule has 0 aliphatic heterocycles. The fourth-order valence-corrected chi connectivity index (χ4v) is 4.77. The highest BCUT2D eigenvalue weighted by Crippen LogP contribution is 2.19. The number of hydrogen-bond donors (Lipinski definition) is 2. The SMILES string of the molecule is O=C(NC1CCCCC1)C(Cc1ccccc1)NS(=O)(=O)c1ccccc1F. The van der Waals surface area contributed by atoms with Crippen molar-refractivity contribution in [1.29, 1.82) is 0 Å². The molecule has 2 aromatic rings. The summed E-state index contributed by atoms with van der Waals surface area (Å²) in [6.07, 6.45) is 5.23. The van der Waals surface area contributed by atoms with Crippen molar-refractivity contribution >= 4 is 15.9 Å². The fourth-order valence-electron chi connectivity index (χ4n) is 3.50. The number of benzene rings is 2. The predicted molar refractivity (Wildman–Crippen MR) is 106 cm³/mol. The van der Waals surface area contributed by atoms with Gasteiger partial charge in [0.25, 0.3) is 0 Å². The van der Waals surface area contributed by atoms with Crippen molar-refractivity contribution < 1.29 is 17.6 Å². The lowest BCUT2D eigenvalue weighted by atomic mass is 9.95. The second-order valence-electron chi connectivity index (χ2n) is 7.14. The van der Waals surface area contributed by atoms with Gasteiger partial charge in [-0.15, -0.1) is 0 Å². The number of carbonyl (C=O) groups is 1. The quantitative estimate of drug-likeness (QED) is 0.744. The van der Waals surface area contributed by atoms with E-state index in [2.05, 4.69) is 10.0 Å². The second-order valence-corrected chi connectivity index (χ2v) is 8.82. The zero-order valence-corrected chi connectivity index (χ0v) is 16.4. The Hall–Kier alpha value is -2.25. The maximum absolute atomic E-state index is 14.0. The number of nitrogens with one attached hydrogen (secondary N) is 2. The summed E-state index contributed by atoms with van der Waals surface area (Å²) in [5.74, 6) is -1.23. The van der Waals surface area contributed by atoms with Crippen LogP contribution in [-0.2, 0) is 21.2 Å². The molecule has 1 unspecified atom stereocenters. The molecule has 3 rings (SSSR count). The summed E-state index contributed by atoms with van der Waals surface area (Å²) in [6.45, 7) is 0. The average Bonchev–Trinajstić information content (AvgIpc) is 2.69. The van der Waals surface area contributed by atoms with E-state index in [0.29, 0.717) is 0 Å². The van der Waals surface area contributed by atoms with E-state index in [0.717, 1.165) is 43.7 Å². The molecule has 0 radical (unpaired) electrons. The minimum Gasteiger partial charge on any atom is -0.352 e. The maximum Gasteiger partial charge on any atom is 0.244 e. The Morgan fingerprint density at radius 1 is 1.00 bits per heavy atom. The van der Waals surface area contributed by atoms with E-state index in [1.54, 1.807) is 0 Å². The van der Waals surface area contributed by atoms with Gasteiger partial charge in [-0.2, -0.15) is 4.72 Å². The van der Waals surface area contributed by atoms with Crippen LogP contribution >= 0.6 is 0 Å². The number of hydrogen-bond acceptors (Lipinski definition) is 3. The van der Waals surface area contributed by atoms with E-state index in [1.165, 1.54) is 18.2 Å². The number of carbonyl (C=O) groups excluding carboxylic acids is 1. The molecule has 1 aliphatic rings. The molecule has 150 valence electrons. The van der Waals surface area contributed by atoms with E-state index >= 15 is 0 Å². The van der Waals surface area contributed by atoms with E-state index < -0.39 is 26.8 Å². The number of rotatable bonds is 7. The molecule has 2 N–H and O–H groups in total. The Morgan fingerprint density at radius 3 is 2.32 bits per heavy atom. The predicted octanol–water partition coefficient (Wildman–Crippen LogP) is 3.16. The molecule has 7 heteroatoms. The molecular weight excluding hydrogens is 379 g/mol. The molecule has 5 nitrogen and oxygen atoms in total. The minimum atomic E-state index is -4.18. The third kappa shape index (κ3) is 5.39. The molecule has 2 aromatic carbocycles. The lowest BCUT2D eigenvalue weighted by Crippen LogP contribution is -2.51. The molecule has 1 fully saturated rings. The van der Waals surface area contributed by atoms with Crippen LogP contribution in [0.4, 0.5) is 4.39 Å². The van der Waals surface area contributed by atoms with Gasteiger partial charge in [-0.25, -0.2) is 12.8 Å². The van der Waals surface area contributed by atoms with E-state index in [4.69, 9.17) is 0 Å². The largest absolute Gasteiger partial charge is 0.352 e. The standard InChI is InChI=1S/C21H25FN2O3S/c22-18-13-7-8-14-20(18)28(26,27)24-19(15-16-9-3-1-4-10-16)21(25)23-17-11-5-2-6-12-17/h1,3-4,7-10,13-14,17,19,24H,2,5-6,11-12,15H2,(H,23,25). The molecular formula is C21H25FN2O3S. The van der Waals surface area contributed by atoms with Crippen molar-refractivity contribution in [3.8, 4) is 0 Å². The molecule has 0 saturated heterocycles. The van der Waals surface area contributed by atoms with Crippen LogP contribution in [0.5, 0.6) is 0 Å². The van der Waals surface area contributed by atoms with Crippen LogP contribution in [0.1, 0.15) is 37.7 Å². The molecule has 1 aliphatic carbocycles. The van der Waals surface area contributed by atoms with Gasteiger partial charge < -0.3 is 5.32 Å². The highest BCUT2D eigenvalue weighted by Gasteiger charge is 2.29. The van der Waals surface area contributed by atoms with Gasteiger partial charge in [0.05, 0.1) is 0 Å². The topological polar surface area (TPSA) is 75.3 Å². The summed E-state index contributed by atoms with van der Waals surface area (Å²) < 4.78 is 41.9. The Bertz CT molecular complexity index is 897. The zero-order valence-electron chi connectivity index (χ0n) is 15.6. The van der Waals surface area contributed by atoms with Crippen LogP contribution < -0.4 is 10.0 Å². The molecule has 1 saturated carbocycles. The molecule has 1 amide bonds. The third-order valence-corrected chi connectivity index (χ3v) is 6.48. The second kappa shape index (κ2) is 9.30. The fraction of sp³-hybridized carbons (Fsp3) is 0.381. The Kier molecular flexibility index (Phi) is 6.80. The number of sulfonamides is 1. The first-order valence-corrected chi connectivity index (χ1v) is 11.1. The summed E-state index contributed by atoms with van der Waals surface area (Å²) in [5, 5.41) is 2.97. The minimum absolute atomic E-state index is 0.0532. The molecule has 0 heterocycles. The molecule has 1 atom stereocenters. The van der Waals surface area contributed by atoms with Crippen molar-refractivity contribution in [3.05, 3.63) is 66.0 Å². The normalized spacial score (nSPS) is 16.5. The van der Waals surface area contributed by atoms with Gasteiger partial charge in [0.2, 0.25) is 15.9 Å². The van der Waals surface area contributed by atoms with E-state index in [1.807, 2.05) is 30.3 Å². The van der Waals surface area contributed by atoms with Crippen LogP contribution in [0.15, 0.2) is 59.5 Å². The van der Waals surface area contributed by atoms with Crippen molar-refractivity contribution in [1.82, 2.24) is 10.0 Å². The van der Waals surface area contributed by atoms with Crippen LogP contribution in [0, 0.1) is 5.82 Å². The van der Waals surface area contributed by atoms with Gasteiger partial charge in [0, 0.05) is 6.04 Å². The van der Waals surface area contributed by atoms with Gasteiger partial charge >= 0.3 is 0 Å². The molecule has 0 bridgehead atoms. The lowest BCUT2D eigenvalue weighted by molar-refractivity contribution is -0.123. The summed E-state index contributed by atoms with van der Waals surface area (Å²) in [4.78, 5) is 12.4. The monoisotopic (exact) mass is 404 g/mol.